The van der Waals surface area contributed by atoms with E-state index in [-0.39, 0.29) is 0 Å². The van der Waals surface area contributed by atoms with Gasteiger partial charge < -0.3 is 5.32 Å². The molecule has 1 heterocycles. The predicted molar refractivity (Wildman–Crippen MR) is 81.4 cm³/mol. The second-order valence-electron chi connectivity index (χ2n) is 5.90. The first-order chi connectivity index (χ1) is 9.33. The van der Waals surface area contributed by atoms with Gasteiger partial charge in [0.05, 0.1) is 11.2 Å². The Morgan fingerprint density at radius 3 is 3.00 bits per heavy atom. The number of anilines is 1. The summed E-state index contributed by atoms with van der Waals surface area (Å²) < 4.78 is 0. The molecule has 2 aromatic rings. The zero-order chi connectivity index (χ0) is 13.1. The Bertz CT molecular complexity index is 544. The molecular formula is C17H22N2. The molecule has 2 atom stereocenters. The predicted octanol–water partition coefficient (Wildman–Crippen LogP) is 4.47. The number of nitrogens with zero attached hydrogens (tertiary/aromatic N) is 1. The molecule has 0 bridgehead atoms. The SMILES string of the molecule is CC1CCCC(CNc2cccc3cccnc23)C1. The fourth-order valence-electron chi connectivity index (χ4n) is 3.25. The van der Waals surface area contributed by atoms with Crippen molar-refractivity contribution in [3.05, 3.63) is 36.5 Å². The minimum absolute atomic E-state index is 0.822. The van der Waals surface area contributed by atoms with Gasteiger partial charge in [0.25, 0.3) is 0 Å². The fourth-order valence-corrected chi connectivity index (χ4v) is 3.25. The van der Waals surface area contributed by atoms with E-state index in [1.54, 1.807) is 0 Å². The number of aromatic nitrogens is 1. The van der Waals surface area contributed by atoms with Gasteiger partial charge in [-0.1, -0.05) is 38.0 Å². The second-order valence-corrected chi connectivity index (χ2v) is 5.90. The van der Waals surface area contributed by atoms with Crippen molar-refractivity contribution in [3.63, 3.8) is 0 Å². The molecule has 1 fully saturated rings. The van der Waals surface area contributed by atoms with E-state index in [0.29, 0.717) is 0 Å². The molecule has 1 aromatic heterocycles. The largest absolute Gasteiger partial charge is 0.383 e. The molecule has 1 saturated carbocycles. The summed E-state index contributed by atoms with van der Waals surface area (Å²) in [4.78, 5) is 4.50. The number of rotatable bonds is 3. The highest BCUT2D eigenvalue weighted by atomic mass is 14.9. The summed E-state index contributed by atoms with van der Waals surface area (Å²) in [5.74, 6) is 1.72. The standard InChI is InChI=1S/C17H22N2/c1-13-5-2-6-14(11-13)12-19-16-9-3-7-15-8-4-10-18-17(15)16/h3-4,7-10,13-14,19H,2,5-6,11-12H2,1H3. The van der Waals surface area contributed by atoms with Crippen LogP contribution in [0.4, 0.5) is 5.69 Å². The Hall–Kier alpha value is -1.57. The van der Waals surface area contributed by atoms with Crippen LogP contribution in [0.5, 0.6) is 0 Å². The number of para-hydroxylation sites is 1. The lowest BCUT2D eigenvalue weighted by Crippen LogP contribution is -2.21. The Morgan fingerprint density at radius 1 is 1.21 bits per heavy atom. The third-order valence-corrected chi connectivity index (χ3v) is 4.26. The Labute approximate surface area is 115 Å². The monoisotopic (exact) mass is 254 g/mol. The molecule has 1 N–H and O–H groups in total. The van der Waals surface area contributed by atoms with Gasteiger partial charge in [0, 0.05) is 18.1 Å². The summed E-state index contributed by atoms with van der Waals surface area (Å²) in [5.41, 5.74) is 2.27. The first-order valence-corrected chi connectivity index (χ1v) is 7.40. The quantitative estimate of drug-likeness (QED) is 0.874. The van der Waals surface area contributed by atoms with Crippen molar-refractivity contribution in [2.24, 2.45) is 11.8 Å². The molecule has 0 amide bonds. The maximum Gasteiger partial charge on any atom is 0.0933 e. The van der Waals surface area contributed by atoms with E-state index in [0.717, 1.165) is 23.9 Å². The number of benzene rings is 1. The molecule has 0 saturated heterocycles. The Morgan fingerprint density at radius 2 is 2.11 bits per heavy atom. The highest BCUT2D eigenvalue weighted by Crippen LogP contribution is 2.29. The molecule has 1 aliphatic rings. The average Bonchev–Trinajstić information content (AvgIpc) is 2.45. The third kappa shape index (κ3) is 2.89. The van der Waals surface area contributed by atoms with Gasteiger partial charge in [-0.25, -0.2) is 0 Å². The van der Waals surface area contributed by atoms with E-state index < -0.39 is 0 Å². The van der Waals surface area contributed by atoms with Gasteiger partial charge in [0.1, 0.15) is 0 Å². The minimum Gasteiger partial charge on any atom is -0.383 e. The molecule has 1 aromatic carbocycles. The van der Waals surface area contributed by atoms with Gasteiger partial charge in [0.15, 0.2) is 0 Å². The number of pyridine rings is 1. The molecule has 0 aliphatic heterocycles. The van der Waals surface area contributed by atoms with Crippen LogP contribution in [0, 0.1) is 11.8 Å². The summed E-state index contributed by atoms with van der Waals surface area (Å²) in [7, 11) is 0. The van der Waals surface area contributed by atoms with E-state index >= 15 is 0 Å². The lowest BCUT2D eigenvalue weighted by Gasteiger charge is -2.27. The van der Waals surface area contributed by atoms with Crippen LogP contribution in [-0.4, -0.2) is 11.5 Å². The molecule has 2 nitrogen and oxygen atoms in total. The third-order valence-electron chi connectivity index (χ3n) is 4.26. The second kappa shape index (κ2) is 5.60. The van der Waals surface area contributed by atoms with Crippen LogP contribution < -0.4 is 5.32 Å². The lowest BCUT2D eigenvalue weighted by atomic mass is 9.82. The maximum absolute atomic E-state index is 4.50. The van der Waals surface area contributed by atoms with Crippen molar-refractivity contribution >= 4 is 16.6 Å². The summed E-state index contributed by atoms with van der Waals surface area (Å²) in [6.45, 7) is 3.46. The van der Waals surface area contributed by atoms with Gasteiger partial charge in [0.2, 0.25) is 0 Å². The zero-order valence-electron chi connectivity index (χ0n) is 11.6. The van der Waals surface area contributed by atoms with Crippen LogP contribution in [-0.2, 0) is 0 Å². The highest BCUT2D eigenvalue weighted by Gasteiger charge is 2.18. The van der Waals surface area contributed by atoms with Gasteiger partial charge >= 0.3 is 0 Å². The van der Waals surface area contributed by atoms with Crippen molar-refractivity contribution < 1.29 is 0 Å². The fraction of sp³-hybridized carbons (Fsp3) is 0.471. The van der Waals surface area contributed by atoms with Gasteiger partial charge in [-0.3, -0.25) is 4.98 Å². The molecule has 0 spiro atoms. The molecule has 19 heavy (non-hydrogen) atoms. The van der Waals surface area contributed by atoms with Crippen molar-refractivity contribution in [2.75, 3.05) is 11.9 Å². The van der Waals surface area contributed by atoms with Crippen molar-refractivity contribution in [1.82, 2.24) is 4.98 Å². The molecule has 0 radical (unpaired) electrons. The summed E-state index contributed by atoms with van der Waals surface area (Å²) >= 11 is 0. The average molecular weight is 254 g/mol. The van der Waals surface area contributed by atoms with E-state index in [4.69, 9.17) is 0 Å². The van der Waals surface area contributed by atoms with Crippen molar-refractivity contribution in [1.29, 1.82) is 0 Å². The van der Waals surface area contributed by atoms with E-state index in [1.807, 2.05) is 12.3 Å². The van der Waals surface area contributed by atoms with Gasteiger partial charge in [-0.05, 0) is 36.8 Å². The van der Waals surface area contributed by atoms with Gasteiger partial charge in [-0.15, -0.1) is 0 Å². The molecule has 100 valence electrons. The van der Waals surface area contributed by atoms with Crippen LogP contribution in [0.15, 0.2) is 36.5 Å². The molecule has 2 unspecified atom stereocenters. The molecule has 1 aliphatic carbocycles. The smallest absolute Gasteiger partial charge is 0.0933 e. The first kappa shape index (κ1) is 12.5. The number of fused-ring (bicyclic) bond motifs is 1. The minimum atomic E-state index is 0.822. The first-order valence-electron chi connectivity index (χ1n) is 7.40. The van der Waals surface area contributed by atoms with Crippen LogP contribution in [0.2, 0.25) is 0 Å². The van der Waals surface area contributed by atoms with E-state index in [9.17, 15) is 0 Å². The summed E-state index contributed by atoms with van der Waals surface area (Å²) in [5, 5.41) is 4.83. The highest BCUT2D eigenvalue weighted by molar-refractivity contribution is 5.90. The molecule has 2 heteroatoms. The molecular weight excluding hydrogens is 232 g/mol. The van der Waals surface area contributed by atoms with Crippen LogP contribution in [0.1, 0.15) is 32.6 Å². The number of nitrogens with one attached hydrogen (secondary N) is 1. The summed E-state index contributed by atoms with van der Waals surface area (Å²) in [6, 6.07) is 10.5. The van der Waals surface area contributed by atoms with Crippen molar-refractivity contribution in [3.8, 4) is 0 Å². The lowest BCUT2D eigenvalue weighted by molar-refractivity contribution is 0.293. The van der Waals surface area contributed by atoms with Crippen LogP contribution in [0.3, 0.4) is 0 Å². The number of hydrogen-bond acceptors (Lipinski definition) is 2. The van der Waals surface area contributed by atoms with Crippen LogP contribution in [0.25, 0.3) is 10.9 Å². The number of hydrogen-bond donors (Lipinski definition) is 1. The zero-order valence-corrected chi connectivity index (χ0v) is 11.6. The topological polar surface area (TPSA) is 24.9 Å². The Kier molecular flexibility index (Phi) is 3.67. The Balaban J connectivity index is 1.71. The van der Waals surface area contributed by atoms with Crippen molar-refractivity contribution in [2.45, 2.75) is 32.6 Å². The van der Waals surface area contributed by atoms with E-state index in [1.165, 1.54) is 36.8 Å². The normalized spacial score (nSPS) is 23.4. The van der Waals surface area contributed by atoms with Crippen LogP contribution >= 0.6 is 0 Å². The maximum atomic E-state index is 4.50. The molecule has 3 rings (SSSR count). The summed E-state index contributed by atoms with van der Waals surface area (Å²) in [6.07, 6.45) is 7.41. The van der Waals surface area contributed by atoms with Gasteiger partial charge in [-0.2, -0.15) is 0 Å². The van der Waals surface area contributed by atoms with E-state index in [2.05, 4.69) is 41.5 Å².